The molecule has 2 rings (SSSR count). The summed E-state index contributed by atoms with van der Waals surface area (Å²) < 4.78 is 18.7. The fraction of sp³-hybridized carbons (Fsp3) is 0.500. The van der Waals surface area contributed by atoms with Crippen LogP contribution in [0.3, 0.4) is 0 Å². The maximum atomic E-state index is 12.0. The molecule has 0 amide bonds. The van der Waals surface area contributed by atoms with E-state index in [4.69, 9.17) is 10.5 Å². The number of nitrogens with two attached hydrogens (primary N) is 1. The van der Waals surface area contributed by atoms with Crippen LogP contribution in [-0.2, 0) is 11.0 Å². The summed E-state index contributed by atoms with van der Waals surface area (Å²) in [6.45, 7) is 5.39. The van der Waals surface area contributed by atoms with E-state index in [1.54, 1.807) is 19.9 Å². The van der Waals surface area contributed by atoms with E-state index in [0.717, 1.165) is 16.7 Å². The van der Waals surface area contributed by atoms with Crippen LogP contribution < -0.4 is 10.5 Å². The minimum atomic E-state index is -4.48. The molecule has 23 heavy (non-hydrogen) atoms. The topological polar surface area (TPSA) is 106 Å². The van der Waals surface area contributed by atoms with Crippen LogP contribution in [-0.4, -0.2) is 20.1 Å². The highest BCUT2D eigenvalue weighted by molar-refractivity contribution is 7.80. The normalized spacial score (nSPS) is 12.8. The van der Waals surface area contributed by atoms with Crippen molar-refractivity contribution in [3.63, 3.8) is 0 Å². The number of benzene rings is 1. The third kappa shape index (κ3) is 3.23. The van der Waals surface area contributed by atoms with E-state index < -0.39 is 12.9 Å². The average Bonchev–Trinajstić information content (AvgIpc) is 2.85. The molecule has 1 aromatic carbocycles. The highest BCUT2D eigenvalue weighted by Crippen LogP contribution is 2.56. The smallest absolute Gasteiger partial charge is 0.368 e. The molecule has 0 fully saturated rings. The molecule has 0 aliphatic heterocycles. The van der Waals surface area contributed by atoms with Crippen molar-refractivity contribution in [2.45, 2.75) is 50.3 Å². The Balaban J connectivity index is 2.67. The predicted octanol–water partition coefficient (Wildman–Crippen LogP) is 3.80. The van der Waals surface area contributed by atoms with Crippen LogP contribution in [0.5, 0.6) is 5.75 Å². The van der Waals surface area contributed by atoms with Crippen LogP contribution in [0, 0.1) is 0 Å². The van der Waals surface area contributed by atoms with Gasteiger partial charge in [-0.1, -0.05) is 32.1 Å². The Morgan fingerprint density at radius 1 is 1.39 bits per heavy atom. The van der Waals surface area contributed by atoms with E-state index in [9.17, 15) is 14.4 Å². The predicted molar refractivity (Wildman–Crippen MR) is 96.6 cm³/mol. The number of nitrogens with zero attached hydrogens (tertiary/aromatic N) is 1. The van der Waals surface area contributed by atoms with Crippen LogP contribution in [0.15, 0.2) is 11.0 Å². The van der Waals surface area contributed by atoms with E-state index in [-0.39, 0.29) is 12.8 Å². The molecule has 2 aromatic rings. The fourth-order valence-electron chi connectivity index (χ4n) is 2.59. The number of aryl methyl sites for hydroxylation is 1. The van der Waals surface area contributed by atoms with E-state index in [1.807, 2.05) is 6.92 Å². The van der Waals surface area contributed by atoms with Gasteiger partial charge in [-0.05, 0) is 30.9 Å². The third-order valence-corrected chi connectivity index (χ3v) is 7.15. The molecule has 1 aromatic heterocycles. The molecule has 6 nitrogen and oxygen atoms in total. The number of thiazole rings is 1. The molecule has 0 aliphatic carbocycles. The Labute approximate surface area is 144 Å². The van der Waals surface area contributed by atoms with E-state index >= 15 is 0 Å². The first-order valence-corrected chi connectivity index (χ1v) is 10.2. The van der Waals surface area contributed by atoms with E-state index in [1.165, 1.54) is 11.3 Å². The van der Waals surface area contributed by atoms with Crippen molar-refractivity contribution in [2.75, 3.05) is 5.73 Å². The fourth-order valence-corrected chi connectivity index (χ4v) is 5.06. The molecule has 0 unspecified atom stereocenters. The Morgan fingerprint density at radius 2 is 2.00 bits per heavy atom. The molecule has 0 saturated heterocycles. The highest BCUT2D eigenvalue weighted by Gasteiger charge is 2.47. The first-order chi connectivity index (χ1) is 10.7. The zero-order valence-electron chi connectivity index (χ0n) is 13.2. The second-order valence-corrected chi connectivity index (χ2v) is 8.67. The first-order valence-electron chi connectivity index (χ1n) is 7.34. The number of hydrogen-bond acceptors (Lipinski definition) is 6. The molecular weight excluding hydrogens is 355 g/mol. The van der Waals surface area contributed by atoms with Crippen molar-refractivity contribution in [1.82, 2.24) is 4.98 Å². The lowest BCUT2D eigenvalue weighted by Gasteiger charge is -2.33. The van der Waals surface area contributed by atoms with Crippen molar-refractivity contribution in [1.29, 1.82) is 0 Å². The zero-order valence-corrected chi connectivity index (χ0v) is 15.8. The van der Waals surface area contributed by atoms with Crippen LogP contribution in [0.4, 0.5) is 5.13 Å². The van der Waals surface area contributed by atoms with Crippen LogP contribution in [0.2, 0.25) is 0 Å². The molecule has 1 heterocycles. The lowest BCUT2D eigenvalue weighted by molar-refractivity contribution is 0.110. The maximum Gasteiger partial charge on any atom is 0.368 e. The van der Waals surface area contributed by atoms with Gasteiger partial charge in [0.05, 0.1) is 4.70 Å². The first kappa shape index (κ1) is 18.5. The van der Waals surface area contributed by atoms with Crippen molar-refractivity contribution in [2.24, 2.45) is 0 Å². The van der Waals surface area contributed by atoms with Crippen molar-refractivity contribution in [3.05, 3.63) is 11.6 Å². The monoisotopic (exact) mass is 376 g/mol. The van der Waals surface area contributed by atoms with Gasteiger partial charge in [0.15, 0.2) is 5.13 Å². The van der Waals surface area contributed by atoms with E-state index in [0.29, 0.717) is 21.3 Å². The largest absolute Gasteiger partial charge is 0.472 e. The molecule has 0 bridgehead atoms. The second kappa shape index (κ2) is 6.61. The third-order valence-electron chi connectivity index (χ3n) is 4.02. The maximum absolute atomic E-state index is 12.0. The summed E-state index contributed by atoms with van der Waals surface area (Å²) >= 11 is 5.80. The number of nitrogen functional groups attached to an aromatic ring is 1. The molecule has 0 saturated carbocycles. The number of ether oxygens (including phenoxy) is 1. The average molecular weight is 376 g/mol. The van der Waals surface area contributed by atoms with Gasteiger partial charge in [-0.2, -0.15) is 0 Å². The van der Waals surface area contributed by atoms with Crippen LogP contribution in [0.25, 0.3) is 10.2 Å². The van der Waals surface area contributed by atoms with Gasteiger partial charge < -0.3 is 20.3 Å². The summed E-state index contributed by atoms with van der Waals surface area (Å²) in [6, 6.07) is 1.67. The minimum Gasteiger partial charge on any atom is -0.472 e. The number of anilines is 1. The summed E-state index contributed by atoms with van der Waals surface area (Å²) in [5, 5.41) is -1.19. The SMILES string of the molecule is CCc1c(S)cc(OC(CC)(CC)P(=O)(O)O)c2nc(N)sc12. The summed E-state index contributed by atoms with van der Waals surface area (Å²) in [4.78, 5) is 24.5. The van der Waals surface area contributed by atoms with Crippen molar-refractivity contribution in [3.8, 4) is 5.75 Å². The molecule has 0 atom stereocenters. The quantitative estimate of drug-likeness (QED) is 0.451. The molecular formula is C14H21N2O4PS2. The Morgan fingerprint density at radius 3 is 2.48 bits per heavy atom. The Hall–Kier alpha value is -0.790. The molecule has 0 spiro atoms. The zero-order chi connectivity index (χ0) is 17.4. The minimum absolute atomic E-state index is 0.173. The number of aromatic nitrogens is 1. The van der Waals surface area contributed by atoms with Gasteiger partial charge in [-0.15, -0.1) is 12.6 Å². The number of fused-ring (bicyclic) bond motifs is 1. The highest BCUT2D eigenvalue weighted by atomic mass is 32.1. The van der Waals surface area contributed by atoms with Gasteiger partial charge in [0.2, 0.25) is 5.34 Å². The summed E-state index contributed by atoms with van der Waals surface area (Å²) in [5.41, 5.74) is 7.35. The van der Waals surface area contributed by atoms with Crippen molar-refractivity contribution >= 4 is 46.9 Å². The molecule has 4 N–H and O–H groups in total. The van der Waals surface area contributed by atoms with Gasteiger partial charge in [-0.3, -0.25) is 4.57 Å². The van der Waals surface area contributed by atoms with Gasteiger partial charge in [0.25, 0.3) is 0 Å². The summed E-state index contributed by atoms with van der Waals surface area (Å²) in [5.74, 6) is 0.308. The summed E-state index contributed by atoms with van der Waals surface area (Å²) in [6.07, 6.45) is 1.10. The van der Waals surface area contributed by atoms with E-state index in [2.05, 4.69) is 17.6 Å². The van der Waals surface area contributed by atoms with Gasteiger partial charge in [-0.25, -0.2) is 4.98 Å². The van der Waals surface area contributed by atoms with Gasteiger partial charge in [0, 0.05) is 4.90 Å². The Kier molecular flexibility index (Phi) is 5.33. The van der Waals surface area contributed by atoms with Crippen LogP contribution >= 0.6 is 31.6 Å². The number of rotatable bonds is 6. The number of hydrogen-bond donors (Lipinski definition) is 4. The molecule has 0 aliphatic rings. The van der Waals surface area contributed by atoms with Crippen LogP contribution in [0.1, 0.15) is 39.2 Å². The standard InChI is InChI=1S/C14H21N2O4PS2/c1-4-8-10(22)7-9(11-12(8)23-13(15)16-11)20-14(5-2,6-3)21(17,18)19/h7,22H,4-6H2,1-3H3,(H2,15,16)(H2,17,18,19). The lowest BCUT2D eigenvalue weighted by atomic mass is 10.1. The number of thiol groups is 1. The molecule has 0 radical (unpaired) electrons. The van der Waals surface area contributed by atoms with Crippen molar-refractivity contribution < 1.29 is 19.1 Å². The second-order valence-electron chi connectivity index (χ2n) is 5.26. The lowest BCUT2D eigenvalue weighted by Crippen LogP contribution is -2.34. The van der Waals surface area contributed by atoms with Gasteiger partial charge >= 0.3 is 7.60 Å². The summed E-state index contributed by atoms with van der Waals surface area (Å²) in [7, 11) is -4.48. The van der Waals surface area contributed by atoms with Gasteiger partial charge in [0.1, 0.15) is 11.3 Å². The Bertz CT molecular complexity index is 768. The molecule has 9 heteroatoms. The molecule has 128 valence electrons.